The van der Waals surface area contributed by atoms with Gasteiger partial charge in [-0.2, -0.15) is 0 Å². The van der Waals surface area contributed by atoms with Crippen molar-refractivity contribution in [3.05, 3.63) is 0 Å². The Morgan fingerprint density at radius 1 is 1.43 bits per heavy atom. The minimum atomic E-state index is 0.0571. The quantitative estimate of drug-likeness (QED) is 0.558. The molecule has 0 rings (SSSR count). The summed E-state index contributed by atoms with van der Waals surface area (Å²) in [7, 11) is 0. The van der Waals surface area contributed by atoms with Gasteiger partial charge in [0.1, 0.15) is 0 Å². The number of rotatable bonds is 2. The van der Waals surface area contributed by atoms with Crippen molar-refractivity contribution in [3.8, 4) is 0 Å². The van der Waals surface area contributed by atoms with E-state index in [0.29, 0.717) is 0 Å². The third-order valence-electron chi connectivity index (χ3n) is 0.586. The van der Waals surface area contributed by atoms with E-state index < -0.39 is 0 Å². The Labute approximate surface area is 58.6 Å². The first-order valence-electron chi connectivity index (χ1n) is 1.99. The zero-order chi connectivity index (χ0) is 5.86. The number of alkyl halides is 2. The average molecular weight is 159 g/mol. The fourth-order valence-corrected chi connectivity index (χ4v) is 0.871. The van der Waals surface area contributed by atoms with E-state index in [1.54, 1.807) is 11.8 Å². The van der Waals surface area contributed by atoms with Crippen LogP contribution in [0.3, 0.4) is 0 Å². The number of hydrogen-bond donors (Lipinski definition) is 0. The second kappa shape index (κ2) is 3.88. The number of thioether (sulfide) groups is 1. The van der Waals surface area contributed by atoms with Gasteiger partial charge in [-0.15, -0.1) is 35.0 Å². The molecule has 44 valence electrons. The van der Waals surface area contributed by atoms with Crippen molar-refractivity contribution in [1.29, 1.82) is 0 Å². The molecule has 0 aromatic carbocycles. The molecule has 0 nitrogen and oxygen atoms in total. The van der Waals surface area contributed by atoms with E-state index in [1.165, 1.54) is 0 Å². The fraction of sp³-hybridized carbons (Fsp3) is 1.00. The molecule has 0 fully saturated rings. The van der Waals surface area contributed by atoms with Crippen LogP contribution >= 0.6 is 35.0 Å². The van der Waals surface area contributed by atoms with Crippen molar-refractivity contribution in [2.75, 3.05) is 6.26 Å². The summed E-state index contributed by atoms with van der Waals surface area (Å²) < 4.78 is 0.0571. The highest BCUT2D eigenvalue weighted by molar-refractivity contribution is 8.00. The molecule has 2 unspecified atom stereocenters. The Morgan fingerprint density at radius 3 is 1.86 bits per heavy atom. The van der Waals surface area contributed by atoms with Gasteiger partial charge in [-0.05, 0) is 13.2 Å². The highest BCUT2D eigenvalue weighted by Crippen LogP contribution is 2.18. The van der Waals surface area contributed by atoms with Crippen LogP contribution in [-0.2, 0) is 0 Å². The van der Waals surface area contributed by atoms with E-state index >= 15 is 0 Å². The molecule has 0 aliphatic carbocycles. The van der Waals surface area contributed by atoms with Crippen LogP contribution < -0.4 is 0 Å². The van der Waals surface area contributed by atoms with Gasteiger partial charge >= 0.3 is 0 Å². The third-order valence-corrected chi connectivity index (χ3v) is 2.89. The molecule has 0 aliphatic rings. The number of halogens is 2. The number of hydrogen-bond acceptors (Lipinski definition) is 1. The summed E-state index contributed by atoms with van der Waals surface area (Å²) in [5.41, 5.74) is 0. The summed E-state index contributed by atoms with van der Waals surface area (Å²) in [4.78, 5) is 0. The third kappa shape index (κ3) is 3.51. The molecule has 0 N–H and O–H groups in total. The predicted octanol–water partition coefficient (Wildman–Crippen LogP) is 2.54. The Hall–Kier alpha value is 0.930. The molecule has 0 saturated heterocycles. The van der Waals surface area contributed by atoms with Gasteiger partial charge in [-0.3, -0.25) is 0 Å². The van der Waals surface area contributed by atoms with E-state index in [-0.39, 0.29) is 10.1 Å². The van der Waals surface area contributed by atoms with Crippen LogP contribution in [0.1, 0.15) is 6.92 Å². The SMILES string of the molecule is CSC(Cl)C(C)Cl. The van der Waals surface area contributed by atoms with Gasteiger partial charge in [0, 0.05) is 0 Å². The van der Waals surface area contributed by atoms with E-state index in [1.807, 2.05) is 13.2 Å². The van der Waals surface area contributed by atoms with Crippen LogP contribution in [0.5, 0.6) is 0 Å². The lowest BCUT2D eigenvalue weighted by atomic mass is 10.6. The Balaban J connectivity index is 3.14. The maximum Gasteiger partial charge on any atom is 0.0946 e. The summed E-state index contributed by atoms with van der Waals surface area (Å²) in [6.45, 7) is 1.88. The molecular formula is C4H8Cl2S. The Kier molecular flexibility index (Phi) is 4.39. The fourth-order valence-electron chi connectivity index (χ4n) is 0.188. The minimum absolute atomic E-state index is 0.0571. The first-order valence-corrected chi connectivity index (χ1v) is 4.15. The molecule has 3 heteroatoms. The highest BCUT2D eigenvalue weighted by Gasteiger charge is 2.07. The maximum atomic E-state index is 5.63. The normalized spacial score (nSPS) is 18.9. The molecule has 0 aromatic heterocycles. The van der Waals surface area contributed by atoms with Crippen LogP contribution in [0, 0.1) is 0 Å². The zero-order valence-corrected chi connectivity index (χ0v) is 6.65. The van der Waals surface area contributed by atoms with Crippen LogP contribution in [0.4, 0.5) is 0 Å². The van der Waals surface area contributed by atoms with E-state index in [9.17, 15) is 0 Å². The molecule has 0 saturated carbocycles. The van der Waals surface area contributed by atoms with Gasteiger partial charge in [0.25, 0.3) is 0 Å². The van der Waals surface area contributed by atoms with Crippen molar-refractivity contribution < 1.29 is 0 Å². The first-order chi connectivity index (χ1) is 3.18. The summed E-state index contributed by atoms with van der Waals surface area (Å²) in [5, 5.41) is 0.0664. The van der Waals surface area contributed by atoms with Crippen LogP contribution in [0.15, 0.2) is 0 Å². The predicted molar refractivity (Wildman–Crippen MR) is 38.5 cm³/mol. The molecule has 0 amide bonds. The molecule has 2 atom stereocenters. The lowest BCUT2D eigenvalue weighted by Crippen LogP contribution is -2.03. The Morgan fingerprint density at radius 2 is 1.86 bits per heavy atom. The van der Waals surface area contributed by atoms with E-state index in [2.05, 4.69) is 0 Å². The van der Waals surface area contributed by atoms with Gasteiger partial charge in [-0.25, -0.2) is 0 Å². The standard InChI is InChI=1S/C4H8Cl2S/c1-3(5)4(6)7-2/h3-4H,1-2H3. The lowest BCUT2D eigenvalue weighted by molar-refractivity contribution is 1.06. The summed E-state index contributed by atoms with van der Waals surface area (Å²) in [5.74, 6) is 0. The van der Waals surface area contributed by atoms with Crippen LogP contribution in [0.2, 0.25) is 0 Å². The average Bonchev–Trinajstić information content (AvgIpc) is 1.65. The molecule has 0 bridgehead atoms. The summed E-state index contributed by atoms with van der Waals surface area (Å²) in [6.07, 6.45) is 1.94. The highest BCUT2D eigenvalue weighted by atomic mass is 35.5. The van der Waals surface area contributed by atoms with E-state index in [4.69, 9.17) is 23.2 Å². The van der Waals surface area contributed by atoms with Crippen molar-refractivity contribution in [2.45, 2.75) is 17.0 Å². The smallest absolute Gasteiger partial charge is 0.0946 e. The molecule has 0 aromatic rings. The molecule has 0 heterocycles. The van der Waals surface area contributed by atoms with Crippen LogP contribution in [0.25, 0.3) is 0 Å². The first kappa shape index (κ1) is 7.93. The molecular weight excluding hydrogens is 151 g/mol. The van der Waals surface area contributed by atoms with Gasteiger partial charge in [0.15, 0.2) is 0 Å². The van der Waals surface area contributed by atoms with Crippen molar-refractivity contribution in [3.63, 3.8) is 0 Å². The molecule has 0 radical (unpaired) electrons. The summed E-state index contributed by atoms with van der Waals surface area (Å²) in [6, 6.07) is 0. The second-order valence-corrected chi connectivity index (χ2v) is 3.66. The van der Waals surface area contributed by atoms with Gasteiger partial charge in [0.05, 0.1) is 10.1 Å². The van der Waals surface area contributed by atoms with Crippen molar-refractivity contribution in [1.82, 2.24) is 0 Å². The van der Waals surface area contributed by atoms with Crippen LogP contribution in [-0.4, -0.2) is 16.3 Å². The minimum Gasteiger partial charge on any atom is -0.144 e. The summed E-state index contributed by atoms with van der Waals surface area (Å²) >= 11 is 12.8. The van der Waals surface area contributed by atoms with Gasteiger partial charge in [-0.1, -0.05) is 0 Å². The molecule has 0 spiro atoms. The molecule has 7 heavy (non-hydrogen) atoms. The monoisotopic (exact) mass is 158 g/mol. The lowest BCUT2D eigenvalue weighted by Gasteiger charge is -2.05. The maximum absolute atomic E-state index is 5.63. The zero-order valence-electron chi connectivity index (χ0n) is 4.32. The second-order valence-electron chi connectivity index (χ2n) is 1.26. The molecule has 0 aliphatic heterocycles. The topological polar surface area (TPSA) is 0 Å². The van der Waals surface area contributed by atoms with Crippen molar-refractivity contribution >= 4 is 35.0 Å². The van der Waals surface area contributed by atoms with Gasteiger partial charge in [0.2, 0.25) is 0 Å². The van der Waals surface area contributed by atoms with Gasteiger partial charge < -0.3 is 0 Å². The Bertz CT molecular complexity index is 47.0. The van der Waals surface area contributed by atoms with Crippen molar-refractivity contribution in [2.24, 2.45) is 0 Å². The van der Waals surface area contributed by atoms with E-state index in [0.717, 1.165) is 0 Å². The largest absolute Gasteiger partial charge is 0.144 e.